The summed E-state index contributed by atoms with van der Waals surface area (Å²) >= 11 is 0. The van der Waals surface area contributed by atoms with E-state index in [-0.39, 0.29) is 35.1 Å². The number of aromatic amines is 1. The fourth-order valence-corrected chi connectivity index (χ4v) is 6.34. The molecule has 0 fully saturated rings. The van der Waals surface area contributed by atoms with Crippen molar-refractivity contribution in [2.45, 2.75) is 23.1 Å². The minimum absolute atomic E-state index is 0.142. The third-order valence-corrected chi connectivity index (χ3v) is 7.55. The maximum absolute atomic E-state index is 12.8. The molecule has 14 heteroatoms. The zero-order valence-electron chi connectivity index (χ0n) is 16.5. The van der Waals surface area contributed by atoms with Crippen molar-refractivity contribution in [3.05, 3.63) is 35.9 Å². The Bertz CT molecular complexity index is 1390. The normalized spacial score (nSPS) is 12.9. The summed E-state index contributed by atoms with van der Waals surface area (Å²) in [6.45, 7) is 1.65. The number of H-pyrrole nitrogens is 1. The maximum Gasteiger partial charge on any atom is 0.240 e. The van der Waals surface area contributed by atoms with Crippen LogP contribution in [0.4, 0.5) is 5.95 Å². The lowest BCUT2D eigenvalue weighted by Crippen LogP contribution is -2.28. The number of hydrazone groups is 1. The summed E-state index contributed by atoms with van der Waals surface area (Å²) in [6.07, 6.45) is 0.267. The van der Waals surface area contributed by atoms with Gasteiger partial charge >= 0.3 is 0 Å². The molecule has 0 spiro atoms. The first-order chi connectivity index (χ1) is 14.5. The van der Waals surface area contributed by atoms with Gasteiger partial charge in [-0.2, -0.15) is 0 Å². The number of amidine groups is 1. The summed E-state index contributed by atoms with van der Waals surface area (Å²) in [5, 5.41) is 9.12. The highest BCUT2D eigenvalue weighted by Gasteiger charge is 2.31. The number of anilines is 1. The van der Waals surface area contributed by atoms with E-state index in [1.54, 1.807) is 25.1 Å². The number of benzene rings is 2. The number of hydrogen-bond donors (Lipinski definition) is 6. The Kier molecular flexibility index (Phi) is 5.91. The number of sulfone groups is 1. The summed E-state index contributed by atoms with van der Waals surface area (Å²) < 4.78 is 50.8. The zero-order valence-corrected chi connectivity index (χ0v) is 18.1. The number of para-hydroxylation sites is 1. The fraction of sp³-hybridized carbons (Fsp3) is 0.176. The van der Waals surface area contributed by atoms with Gasteiger partial charge in [-0.1, -0.05) is 25.1 Å². The summed E-state index contributed by atoms with van der Waals surface area (Å²) in [4.78, 5) is 5.96. The number of hydrazine groups is 1. The van der Waals surface area contributed by atoms with Crippen LogP contribution < -0.4 is 28.0 Å². The minimum Gasteiger partial charge on any atom is -0.382 e. The molecule has 0 amide bonds. The lowest BCUT2D eigenvalue weighted by Gasteiger charge is -2.17. The van der Waals surface area contributed by atoms with Gasteiger partial charge in [0.05, 0.1) is 21.7 Å². The Hall–Kier alpha value is -3.20. The standard InChI is InChI=1S/C17H22N8O4S2/c1-2-8-30(26,27)12-7-6-9(10-4-3-5-11-14(10)23-17(19)22-11)13(16(18)24-25-20)15(12)31(21,28)29/h3-7,25H,2,8,20H2,1H3,(H2,18,24)(H3,19,22,23)(H2,21,28,29). The molecule has 0 atom stereocenters. The number of nitrogen functional groups attached to an aromatic ring is 1. The lowest BCUT2D eigenvalue weighted by atomic mass is 9.97. The van der Waals surface area contributed by atoms with E-state index in [9.17, 15) is 16.8 Å². The van der Waals surface area contributed by atoms with Crippen LogP contribution in [0.3, 0.4) is 0 Å². The summed E-state index contributed by atoms with van der Waals surface area (Å²) in [6, 6.07) is 7.66. The van der Waals surface area contributed by atoms with Crippen molar-refractivity contribution in [2.24, 2.45) is 21.8 Å². The first-order valence-corrected chi connectivity index (χ1v) is 12.2. The topological polar surface area (TPSA) is 225 Å². The number of imidazole rings is 1. The quantitative estimate of drug-likeness (QED) is 0.116. The molecule has 0 bridgehead atoms. The van der Waals surface area contributed by atoms with Gasteiger partial charge in [0.1, 0.15) is 4.90 Å². The van der Waals surface area contributed by atoms with Gasteiger partial charge in [-0.15, -0.1) is 5.10 Å². The van der Waals surface area contributed by atoms with Crippen molar-refractivity contribution in [3.8, 4) is 11.1 Å². The second-order valence-corrected chi connectivity index (χ2v) is 10.2. The van der Waals surface area contributed by atoms with Crippen LogP contribution in [0.25, 0.3) is 22.2 Å². The number of nitrogens with one attached hydrogen (secondary N) is 2. The average molecular weight is 467 g/mol. The van der Waals surface area contributed by atoms with Crippen LogP contribution >= 0.6 is 0 Å². The third kappa shape index (κ3) is 4.18. The minimum atomic E-state index is -4.57. The molecule has 12 nitrogen and oxygen atoms in total. The molecule has 1 aromatic heterocycles. The van der Waals surface area contributed by atoms with E-state index in [4.69, 9.17) is 22.4 Å². The smallest absolute Gasteiger partial charge is 0.240 e. The van der Waals surface area contributed by atoms with Crippen molar-refractivity contribution in [1.29, 1.82) is 0 Å². The van der Waals surface area contributed by atoms with E-state index in [1.807, 2.05) is 5.53 Å². The first-order valence-electron chi connectivity index (χ1n) is 8.97. The molecule has 0 aliphatic carbocycles. The molecule has 0 aliphatic rings. The van der Waals surface area contributed by atoms with Crippen LogP contribution in [-0.4, -0.2) is 38.4 Å². The molecule has 2 aromatic carbocycles. The second kappa shape index (κ2) is 8.14. The van der Waals surface area contributed by atoms with Crippen LogP contribution in [0.15, 0.2) is 45.2 Å². The highest BCUT2D eigenvalue weighted by Crippen LogP contribution is 2.36. The Morgan fingerprint density at radius 1 is 1.16 bits per heavy atom. The molecule has 0 saturated carbocycles. The number of fused-ring (bicyclic) bond motifs is 1. The van der Waals surface area contributed by atoms with E-state index < -0.39 is 29.7 Å². The van der Waals surface area contributed by atoms with Gasteiger partial charge in [0.25, 0.3) is 0 Å². The molecular weight excluding hydrogens is 444 g/mol. The molecular formula is C17H22N8O4S2. The van der Waals surface area contributed by atoms with Crippen LogP contribution in [0.2, 0.25) is 0 Å². The van der Waals surface area contributed by atoms with E-state index in [0.29, 0.717) is 16.6 Å². The number of primary sulfonamides is 1. The predicted octanol–water partition coefficient (Wildman–Crippen LogP) is -0.273. The van der Waals surface area contributed by atoms with Gasteiger partial charge in [0.15, 0.2) is 21.6 Å². The predicted molar refractivity (Wildman–Crippen MR) is 118 cm³/mol. The van der Waals surface area contributed by atoms with Gasteiger partial charge in [0.2, 0.25) is 10.0 Å². The van der Waals surface area contributed by atoms with Gasteiger partial charge < -0.3 is 16.5 Å². The summed E-state index contributed by atoms with van der Waals surface area (Å²) in [5.41, 5.74) is 15.2. The van der Waals surface area contributed by atoms with Crippen LogP contribution in [-0.2, 0) is 19.9 Å². The molecule has 31 heavy (non-hydrogen) atoms. The van der Waals surface area contributed by atoms with Gasteiger partial charge in [-0.25, -0.2) is 38.3 Å². The number of nitrogens with zero attached hydrogens (tertiary/aromatic N) is 2. The Labute approximate surface area is 178 Å². The van der Waals surface area contributed by atoms with E-state index in [0.717, 1.165) is 0 Å². The monoisotopic (exact) mass is 466 g/mol. The molecule has 0 unspecified atom stereocenters. The molecule has 0 aliphatic heterocycles. The number of hydrogen-bond acceptors (Lipinski definition) is 9. The van der Waals surface area contributed by atoms with Gasteiger partial charge in [-0.05, 0) is 24.1 Å². The molecule has 0 saturated heterocycles. The number of rotatable bonds is 7. The lowest BCUT2D eigenvalue weighted by molar-refractivity contribution is 0.582. The highest BCUT2D eigenvalue weighted by atomic mass is 32.2. The largest absolute Gasteiger partial charge is 0.382 e. The van der Waals surface area contributed by atoms with Gasteiger partial charge in [-0.3, -0.25) is 0 Å². The van der Waals surface area contributed by atoms with E-state index >= 15 is 0 Å². The van der Waals surface area contributed by atoms with Gasteiger partial charge in [0, 0.05) is 11.1 Å². The molecule has 3 rings (SSSR count). The molecule has 0 radical (unpaired) electrons. The SMILES string of the molecule is CCCS(=O)(=O)c1ccc(-c2cccc3[nH]c(N)nc23)c(/C(N)=N/NN)c1S(N)(=O)=O. The van der Waals surface area contributed by atoms with Crippen LogP contribution in [0.5, 0.6) is 0 Å². The third-order valence-electron chi connectivity index (χ3n) is 4.48. The highest BCUT2D eigenvalue weighted by molar-refractivity contribution is 7.93. The summed E-state index contributed by atoms with van der Waals surface area (Å²) in [5.74, 6) is 4.71. The molecule has 1 heterocycles. The number of sulfonamides is 1. The molecule has 3 aromatic rings. The fourth-order valence-electron chi connectivity index (χ4n) is 3.34. The Morgan fingerprint density at radius 2 is 1.87 bits per heavy atom. The Morgan fingerprint density at radius 3 is 2.48 bits per heavy atom. The molecule has 166 valence electrons. The maximum atomic E-state index is 12.8. The number of nitrogens with two attached hydrogens (primary N) is 4. The van der Waals surface area contributed by atoms with Crippen molar-refractivity contribution in [3.63, 3.8) is 0 Å². The first kappa shape index (κ1) is 22.5. The van der Waals surface area contributed by atoms with Crippen molar-refractivity contribution < 1.29 is 16.8 Å². The van der Waals surface area contributed by atoms with Crippen LogP contribution in [0, 0.1) is 0 Å². The van der Waals surface area contributed by atoms with Crippen molar-refractivity contribution in [2.75, 3.05) is 11.5 Å². The van der Waals surface area contributed by atoms with Crippen molar-refractivity contribution >= 4 is 42.7 Å². The zero-order chi connectivity index (χ0) is 23.0. The second-order valence-electron chi connectivity index (χ2n) is 6.63. The van der Waals surface area contributed by atoms with E-state index in [2.05, 4.69) is 15.1 Å². The average Bonchev–Trinajstić information content (AvgIpc) is 3.06. The van der Waals surface area contributed by atoms with Crippen LogP contribution in [0.1, 0.15) is 18.9 Å². The Balaban J connectivity index is 2.53. The summed E-state index contributed by atoms with van der Waals surface area (Å²) in [7, 11) is -8.56. The van der Waals surface area contributed by atoms with Crippen molar-refractivity contribution in [1.82, 2.24) is 15.5 Å². The number of aromatic nitrogens is 2. The van der Waals surface area contributed by atoms with E-state index in [1.165, 1.54) is 12.1 Å². The molecule has 10 N–H and O–H groups in total.